The van der Waals surface area contributed by atoms with Gasteiger partial charge in [-0.1, -0.05) is 23.9 Å². The maximum atomic E-state index is 13.1. The fourth-order valence-electron chi connectivity index (χ4n) is 2.86. The molecule has 0 saturated carbocycles. The third-order valence-corrected chi connectivity index (χ3v) is 5.29. The first-order chi connectivity index (χ1) is 13.2. The number of carbonyl (C=O) groups is 1. The first-order valence-corrected chi connectivity index (χ1v) is 9.38. The molecule has 1 N–H and O–H groups in total. The van der Waals surface area contributed by atoms with Crippen LogP contribution >= 0.6 is 11.8 Å². The number of nitrogens with one attached hydrogen (secondary N) is 1. The smallest absolute Gasteiger partial charge is 0.407 e. The zero-order valence-electron chi connectivity index (χ0n) is 14.5. The molecule has 1 amide bonds. The molecule has 27 heavy (non-hydrogen) atoms. The van der Waals surface area contributed by atoms with Crippen molar-refractivity contribution in [3.63, 3.8) is 0 Å². The van der Waals surface area contributed by atoms with Crippen LogP contribution in [-0.2, 0) is 4.74 Å². The lowest BCUT2D eigenvalue weighted by molar-refractivity contribution is 0.150. The molecule has 1 fully saturated rings. The number of rotatable bonds is 5. The number of thioether (sulfide) groups is 1. The molecule has 1 aliphatic rings. The highest BCUT2D eigenvalue weighted by atomic mass is 32.2. The molecule has 0 bridgehead atoms. The van der Waals surface area contributed by atoms with Gasteiger partial charge in [-0.05, 0) is 36.4 Å². The van der Waals surface area contributed by atoms with Gasteiger partial charge in [0.05, 0.1) is 30.2 Å². The van der Waals surface area contributed by atoms with Gasteiger partial charge in [-0.25, -0.2) is 9.78 Å². The number of ether oxygens (including phenoxy) is 2. The zero-order chi connectivity index (χ0) is 18.8. The molecular weight excluding hydrogens is 366 g/mol. The van der Waals surface area contributed by atoms with Crippen molar-refractivity contribution >= 4 is 28.8 Å². The summed E-state index contributed by atoms with van der Waals surface area (Å²) in [7, 11) is 1.59. The average molecular weight is 383 g/mol. The summed E-state index contributed by atoms with van der Waals surface area (Å²) >= 11 is 1.38. The standard InChI is InChI=1S/C19H17N3O4S/c1-25-13-8-6-12(7-9-13)22-17(23)15-4-2-3-5-16(15)21-18(22)27-11-14-10-20-19(24)26-14/h2-9,14H,10-11H2,1H3,(H,20,24). The minimum atomic E-state index is -0.417. The molecular formula is C19H17N3O4S. The summed E-state index contributed by atoms with van der Waals surface area (Å²) in [6.07, 6.45) is -0.671. The molecule has 0 radical (unpaired) electrons. The number of benzene rings is 2. The van der Waals surface area contributed by atoms with Gasteiger partial charge >= 0.3 is 6.09 Å². The number of hydrogen-bond donors (Lipinski definition) is 1. The largest absolute Gasteiger partial charge is 0.497 e. The number of para-hydroxylation sites is 1. The second-order valence-electron chi connectivity index (χ2n) is 5.97. The molecule has 138 valence electrons. The molecule has 1 saturated heterocycles. The van der Waals surface area contributed by atoms with Crippen LogP contribution in [0.3, 0.4) is 0 Å². The number of aromatic nitrogens is 2. The zero-order valence-corrected chi connectivity index (χ0v) is 15.4. The van der Waals surface area contributed by atoms with Crippen LogP contribution in [0.5, 0.6) is 5.75 Å². The summed E-state index contributed by atoms with van der Waals surface area (Å²) in [6, 6.07) is 14.5. The van der Waals surface area contributed by atoms with Crippen LogP contribution in [0.1, 0.15) is 0 Å². The van der Waals surface area contributed by atoms with Crippen LogP contribution in [0.25, 0.3) is 16.6 Å². The van der Waals surface area contributed by atoms with E-state index < -0.39 is 6.09 Å². The summed E-state index contributed by atoms with van der Waals surface area (Å²) in [5, 5.41) is 3.72. The Morgan fingerprint density at radius 2 is 2.00 bits per heavy atom. The lowest BCUT2D eigenvalue weighted by Gasteiger charge is -2.14. The summed E-state index contributed by atoms with van der Waals surface area (Å²) in [4.78, 5) is 29.0. The van der Waals surface area contributed by atoms with Crippen molar-refractivity contribution in [3.8, 4) is 11.4 Å². The maximum Gasteiger partial charge on any atom is 0.407 e. The highest BCUT2D eigenvalue weighted by Gasteiger charge is 2.24. The number of amides is 1. The number of nitrogens with zero attached hydrogens (tertiary/aromatic N) is 2. The van der Waals surface area contributed by atoms with E-state index in [4.69, 9.17) is 9.47 Å². The highest BCUT2D eigenvalue weighted by Crippen LogP contribution is 2.24. The van der Waals surface area contributed by atoms with Gasteiger partial charge in [0.1, 0.15) is 11.9 Å². The topological polar surface area (TPSA) is 82.4 Å². The summed E-state index contributed by atoms with van der Waals surface area (Å²) in [5.41, 5.74) is 1.19. The average Bonchev–Trinajstić information content (AvgIpc) is 3.12. The van der Waals surface area contributed by atoms with Gasteiger partial charge in [0, 0.05) is 5.75 Å². The molecule has 1 aromatic heterocycles. The molecule has 0 spiro atoms. The molecule has 2 heterocycles. The summed E-state index contributed by atoms with van der Waals surface area (Å²) < 4.78 is 12.0. The van der Waals surface area contributed by atoms with Crippen molar-refractivity contribution in [1.82, 2.24) is 14.9 Å². The fraction of sp³-hybridized carbons (Fsp3) is 0.211. The van der Waals surface area contributed by atoms with E-state index in [1.54, 1.807) is 29.9 Å². The summed E-state index contributed by atoms with van der Waals surface area (Å²) in [6.45, 7) is 0.451. The van der Waals surface area contributed by atoms with Crippen LogP contribution in [0.15, 0.2) is 58.5 Å². The molecule has 8 heteroatoms. The monoisotopic (exact) mass is 383 g/mol. The van der Waals surface area contributed by atoms with Crippen molar-refractivity contribution in [2.24, 2.45) is 0 Å². The van der Waals surface area contributed by atoms with Crippen molar-refractivity contribution in [1.29, 1.82) is 0 Å². The van der Waals surface area contributed by atoms with Gasteiger partial charge in [-0.3, -0.25) is 9.36 Å². The number of hydrogen-bond acceptors (Lipinski definition) is 6. The van der Waals surface area contributed by atoms with Crippen molar-refractivity contribution in [3.05, 3.63) is 58.9 Å². The summed E-state index contributed by atoms with van der Waals surface area (Å²) in [5.74, 6) is 1.21. The highest BCUT2D eigenvalue weighted by molar-refractivity contribution is 7.99. The van der Waals surface area contributed by atoms with Gasteiger partial charge in [-0.2, -0.15) is 0 Å². The predicted octanol–water partition coefficient (Wildman–Crippen LogP) is 2.59. The van der Waals surface area contributed by atoms with Crippen molar-refractivity contribution in [2.75, 3.05) is 19.4 Å². The lowest BCUT2D eigenvalue weighted by atomic mass is 10.2. The minimum absolute atomic E-state index is 0.144. The van der Waals surface area contributed by atoms with Crippen LogP contribution in [0, 0.1) is 0 Å². The first-order valence-electron chi connectivity index (χ1n) is 8.39. The van der Waals surface area contributed by atoms with Crippen molar-refractivity contribution < 1.29 is 14.3 Å². The number of alkyl carbamates (subject to hydrolysis) is 1. The molecule has 1 unspecified atom stereocenters. The van der Waals surface area contributed by atoms with Gasteiger partial charge < -0.3 is 14.8 Å². The van der Waals surface area contributed by atoms with E-state index in [0.29, 0.717) is 39.8 Å². The Kier molecular flexibility index (Phi) is 4.72. The van der Waals surface area contributed by atoms with Crippen LogP contribution in [-0.4, -0.2) is 41.2 Å². The Morgan fingerprint density at radius 1 is 1.22 bits per heavy atom. The van der Waals surface area contributed by atoms with E-state index in [9.17, 15) is 9.59 Å². The van der Waals surface area contributed by atoms with Gasteiger partial charge in [0.15, 0.2) is 5.16 Å². The fourth-order valence-corrected chi connectivity index (χ4v) is 3.86. The third-order valence-electron chi connectivity index (χ3n) is 4.22. The quantitative estimate of drug-likeness (QED) is 0.539. The minimum Gasteiger partial charge on any atom is -0.497 e. The Labute approximate surface area is 159 Å². The molecule has 0 aliphatic carbocycles. The van der Waals surface area contributed by atoms with E-state index in [1.165, 1.54) is 11.8 Å². The number of carbonyl (C=O) groups excluding carboxylic acids is 1. The van der Waals surface area contributed by atoms with E-state index in [-0.39, 0.29) is 11.7 Å². The lowest BCUT2D eigenvalue weighted by Crippen LogP contribution is -2.23. The van der Waals surface area contributed by atoms with E-state index in [0.717, 1.165) is 0 Å². The first kappa shape index (κ1) is 17.4. The molecule has 4 rings (SSSR count). The SMILES string of the molecule is COc1ccc(-n2c(SCC3CNC(=O)O3)nc3ccccc3c2=O)cc1. The Morgan fingerprint density at radius 3 is 2.70 bits per heavy atom. The molecule has 1 aliphatic heterocycles. The van der Waals surface area contributed by atoms with Gasteiger partial charge in [0.2, 0.25) is 0 Å². The number of methoxy groups -OCH3 is 1. The van der Waals surface area contributed by atoms with Crippen LogP contribution in [0.2, 0.25) is 0 Å². The normalized spacial score (nSPS) is 16.2. The number of fused-ring (bicyclic) bond motifs is 1. The van der Waals surface area contributed by atoms with Gasteiger partial charge in [-0.15, -0.1) is 0 Å². The van der Waals surface area contributed by atoms with Gasteiger partial charge in [0.25, 0.3) is 5.56 Å². The third kappa shape index (κ3) is 3.48. The Balaban J connectivity index is 1.77. The van der Waals surface area contributed by atoms with Crippen molar-refractivity contribution in [2.45, 2.75) is 11.3 Å². The second kappa shape index (κ2) is 7.32. The van der Waals surface area contributed by atoms with Crippen LogP contribution in [0.4, 0.5) is 4.79 Å². The molecule has 1 atom stereocenters. The predicted molar refractivity (Wildman–Crippen MR) is 103 cm³/mol. The van der Waals surface area contributed by atoms with E-state index >= 15 is 0 Å². The van der Waals surface area contributed by atoms with E-state index in [2.05, 4.69) is 10.3 Å². The Bertz CT molecular complexity index is 1050. The number of cyclic esters (lactones) is 1. The molecule has 2 aromatic carbocycles. The maximum absolute atomic E-state index is 13.1. The molecule has 3 aromatic rings. The molecule has 7 nitrogen and oxygen atoms in total. The second-order valence-corrected chi connectivity index (χ2v) is 6.96. The Hall–Kier alpha value is -3.00. The van der Waals surface area contributed by atoms with Crippen LogP contribution < -0.4 is 15.6 Å². The van der Waals surface area contributed by atoms with E-state index in [1.807, 2.05) is 30.3 Å².